The van der Waals surface area contributed by atoms with Gasteiger partial charge in [-0.2, -0.15) is 0 Å². The molecule has 0 aliphatic rings. The third kappa shape index (κ3) is 4.10. The Bertz CT molecular complexity index is 534. The zero-order valence-electron chi connectivity index (χ0n) is 11.8. The van der Waals surface area contributed by atoms with E-state index in [1.54, 1.807) is 23.3 Å². The van der Waals surface area contributed by atoms with Gasteiger partial charge < -0.3 is 9.64 Å². The molecule has 3 nitrogen and oxygen atoms in total. The minimum Gasteiger partial charge on any atom is -0.497 e. The van der Waals surface area contributed by atoms with Crippen LogP contribution in [0.1, 0.15) is 16.9 Å². The van der Waals surface area contributed by atoms with Gasteiger partial charge in [-0.15, -0.1) is 11.3 Å². The minimum atomic E-state index is 0.175. The molecule has 0 atom stereocenters. The second-order valence-electron chi connectivity index (χ2n) is 4.68. The Morgan fingerprint density at radius 2 is 2.00 bits per heavy atom. The highest BCUT2D eigenvalue weighted by atomic mass is 32.1. The number of rotatable bonds is 6. The van der Waals surface area contributed by atoms with Crippen molar-refractivity contribution in [2.45, 2.75) is 19.4 Å². The fourth-order valence-electron chi connectivity index (χ4n) is 1.96. The number of hydrogen-bond acceptors (Lipinski definition) is 3. The molecule has 1 amide bonds. The van der Waals surface area contributed by atoms with Crippen molar-refractivity contribution in [3.63, 3.8) is 0 Å². The van der Waals surface area contributed by atoms with E-state index in [0.29, 0.717) is 13.0 Å². The predicted molar refractivity (Wildman–Crippen MR) is 82.1 cm³/mol. The fraction of sp³-hybridized carbons (Fsp3) is 0.312. The molecule has 0 aliphatic heterocycles. The molecule has 1 aromatic heterocycles. The number of benzene rings is 1. The van der Waals surface area contributed by atoms with Crippen LogP contribution in [0.2, 0.25) is 0 Å². The Morgan fingerprint density at radius 3 is 2.60 bits per heavy atom. The van der Waals surface area contributed by atoms with Gasteiger partial charge in [0.25, 0.3) is 0 Å². The Hall–Kier alpha value is -1.81. The standard InChI is InChI=1S/C16H19NO2S/c1-17(12-15-4-3-11-20-15)16(18)10-7-13-5-8-14(19-2)9-6-13/h3-6,8-9,11H,7,10,12H2,1-2H3. The summed E-state index contributed by atoms with van der Waals surface area (Å²) in [6, 6.07) is 11.9. The number of methoxy groups -OCH3 is 1. The first kappa shape index (κ1) is 14.6. The molecule has 0 saturated heterocycles. The Labute approximate surface area is 123 Å². The van der Waals surface area contributed by atoms with Crippen molar-refractivity contribution in [3.8, 4) is 5.75 Å². The maximum absolute atomic E-state index is 12.1. The van der Waals surface area contributed by atoms with E-state index in [1.165, 1.54) is 4.88 Å². The zero-order valence-corrected chi connectivity index (χ0v) is 12.7. The van der Waals surface area contributed by atoms with Crippen LogP contribution in [0.3, 0.4) is 0 Å². The highest BCUT2D eigenvalue weighted by molar-refractivity contribution is 7.09. The van der Waals surface area contributed by atoms with E-state index in [1.807, 2.05) is 42.8 Å². The number of carbonyl (C=O) groups excluding carboxylic acids is 1. The maximum atomic E-state index is 12.1. The normalized spacial score (nSPS) is 10.3. The lowest BCUT2D eigenvalue weighted by atomic mass is 10.1. The minimum absolute atomic E-state index is 0.175. The van der Waals surface area contributed by atoms with Gasteiger partial charge in [0.1, 0.15) is 5.75 Å². The van der Waals surface area contributed by atoms with Gasteiger partial charge in [0.05, 0.1) is 13.7 Å². The molecule has 1 heterocycles. The van der Waals surface area contributed by atoms with Gasteiger partial charge in [0, 0.05) is 18.3 Å². The van der Waals surface area contributed by atoms with Gasteiger partial charge in [-0.05, 0) is 35.6 Å². The largest absolute Gasteiger partial charge is 0.497 e. The summed E-state index contributed by atoms with van der Waals surface area (Å²) in [5, 5.41) is 2.03. The first-order chi connectivity index (χ1) is 9.69. The molecule has 0 saturated carbocycles. The lowest BCUT2D eigenvalue weighted by Gasteiger charge is -2.16. The quantitative estimate of drug-likeness (QED) is 0.816. The third-order valence-electron chi connectivity index (χ3n) is 3.19. The van der Waals surface area contributed by atoms with Crippen molar-refractivity contribution in [2.75, 3.05) is 14.2 Å². The van der Waals surface area contributed by atoms with Gasteiger partial charge in [0.2, 0.25) is 5.91 Å². The highest BCUT2D eigenvalue weighted by Crippen LogP contribution is 2.14. The van der Waals surface area contributed by atoms with Crippen molar-refractivity contribution in [2.24, 2.45) is 0 Å². The lowest BCUT2D eigenvalue weighted by Crippen LogP contribution is -2.25. The summed E-state index contributed by atoms with van der Waals surface area (Å²) in [4.78, 5) is 15.1. The van der Waals surface area contributed by atoms with E-state index < -0.39 is 0 Å². The van der Waals surface area contributed by atoms with Crippen LogP contribution in [0.15, 0.2) is 41.8 Å². The number of amides is 1. The summed E-state index contributed by atoms with van der Waals surface area (Å²) in [5.41, 5.74) is 1.16. The molecular formula is C16H19NO2S. The van der Waals surface area contributed by atoms with Gasteiger partial charge in [-0.3, -0.25) is 4.79 Å². The summed E-state index contributed by atoms with van der Waals surface area (Å²) < 4.78 is 5.12. The Morgan fingerprint density at radius 1 is 1.25 bits per heavy atom. The van der Waals surface area contributed by atoms with E-state index in [-0.39, 0.29) is 5.91 Å². The summed E-state index contributed by atoms with van der Waals surface area (Å²) >= 11 is 1.68. The molecule has 0 fully saturated rings. The molecule has 0 N–H and O–H groups in total. The monoisotopic (exact) mass is 289 g/mol. The van der Waals surface area contributed by atoms with Gasteiger partial charge in [-0.1, -0.05) is 18.2 Å². The number of hydrogen-bond donors (Lipinski definition) is 0. The molecule has 1 aromatic carbocycles. The summed E-state index contributed by atoms with van der Waals surface area (Å²) in [6.07, 6.45) is 1.30. The molecule has 20 heavy (non-hydrogen) atoms. The molecule has 0 bridgehead atoms. The summed E-state index contributed by atoms with van der Waals surface area (Å²) in [6.45, 7) is 0.694. The Balaban J connectivity index is 1.81. The van der Waals surface area contributed by atoms with Crippen LogP contribution in [0, 0.1) is 0 Å². The average Bonchev–Trinajstić information content (AvgIpc) is 2.98. The lowest BCUT2D eigenvalue weighted by molar-refractivity contribution is -0.130. The van der Waals surface area contributed by atoms with Crippen LogP contribution in [0.5, 0.6) is 5.75 Å². The van der Waals surface area contributed by atoms with E-state index in [2.05, 4.69) is 6.07 Å². The number of aryl methyl sites for hydroxylation is 1. The van der Waals surface area contributed by atoms with E-state index >= 15 is 0 Å². The first-order valence-electron chi connectivity index (χ1n) is 6.58. The molecule has 0 aliphatic carbocycles. The molecular weight excluding hydrogens is 270 g/mol. The molecule has 0 spiro atoms. The topological polar surface area (TPSA) is 29.5 Å². The molecule has 2 aromatic rings. The molecule has 0 radical (unpaired) electrons. The van der Waals surface area contributed by atoms with Gasteiger partial charge in [-0.25, -0.2) is 0 Å². The first-order valence-corrected chi connectivity index (χ1v) is 7.46. The van der Waals surface area contributed by atoms with Gasteiger partial charge in [0.15, 0.2) is 0 Å². The maximum Gasteiger partial charge on any atom is 0.222 e. The van der Waals surface area contributed by atoms with Crippen LogP contribution in [0.4, 0.5) is 0 Å². The van der Waals surface area contributed by atoms with Crippen molar-refractivity contribution in [1.29, 1.82) is 0 Å². The van der Waals surface area contributed by atoms with Crippen LogP contribution < -0.4 is 4.74 Å². The van der Waals surface area contributed by atoms with Crippen molar-refractivity contribution in [1.82, 2.24) is 4.90 Å². The zero-order chi connectivity index (χ0) is 14.4. The SMILES string of the molecule is COc1ccc(CCC(=O)N(C)Cc2cccs2)cc1. The Kier molecular flexibility index (Phi) is 5.18. The number of carbonyl (C=O) groups is 1. The van der Waals surface area contributed by atoms with E-state index in [4.69, 9.17) is 4.74 Å². The van der Waals surface area contributed by atoms with Gasteiger partial charge >= 0.3 is 0 Å². The van der Waals surface area contributed by atoms with Crippen molar-refractivity contribution < 1.29 is 9.53 Å². The summed E-state index contributed by atoms with van der Waals surface area (Å²) in [7, 11) is 3.51. The van der Waals surface area contributed by atoms with Crippen molar-refractivity contribution in [3.05, 3.63) is 52.2 Å². The second kappa shape index (κ2) is 7.10. The fourth-order valence-corrected chi connectivity index (χ4v) is 2.72. The predicted octanol–water partition coefficient (Wildman–Crippen LogP) is 3.35. The summed E-state index contributed by atoms with van der Waals surface area (Å²) in [5.74, 6) is 1.02. The molecule has 2 rings (SSSR count). The van der Waals surface area contributed by atoms with Crippen LogP contribution >= 0.6 is 11.3 Å². The van der Waals surface area contributed by atoms with Crippen LogP contribution in [0.25, 0.3) is 0 Å². The smallest absolute Gasteiger partial charge is 0.222 e. The third-order valence-corrected chi connectivity index (χ3v) is 4.05. The molecule has 4 heteroatoms. The van der Waals surface area contributed by atoms with E-state index in [0.717, 1.165) is 17.7 Å². The van der Waals surface area contributed by atoms with E-state index in [9.17, 15) is 4.79 Å². The molecule has 0 unspecified atom stereocenters. The van der Waals surface area contributed by atoms with Crippen LogP contribution in [-0.4, -0.2) is 25.0 Å². The molecule has 106 valence electrons. The highest BCUT2D eigenvalue weighted by Gasteiger charge is 2.09. The van der Waals surface area contributed by atoms with Crippen molar-refractivity contribution >= 4 is 17.2 Å². The van der Waals surface area contributed by atoms with Crippen LogP contribution in [-0.2, 0) is 17.8 Å². The number of nitrogens with zero attached hydrogens (tertiary/aromatic N) is 1. The number of thiophene rings is 1. The number of ether oxygens (including phenoxy) is 1. The average molecular weight is 289 g/mol. The second-order valence-corrected chi connectivity index (χ2v) is 5.71.